The Morgan fingerprint density at radius 2 is 2.10 bits per heavy atom. The lowest BCUT2D eigenvalue weighted by molar-refractivity contribution is -0.125. The van der Waals surface area contributed by atoms with E-state index in [0.29, 0.717) is 42.4 Å². The number of nitrogens with two attached hydrogens (primary N) is 2. The lowest BCUT2D eigenvalue weighted by atomic mass is 9.85. The van der Waals surface area contributed by atoms with Crippen molar-refractivity contribution in [3.05, 3.63) is 23.8 Å². The first-order chi connectivity index (χ1) is 10.0. The van der Waals surface area contributed by atoms with Crippen molar-refractivity contribution < 1.29 is 9.59 Å². The minimum Gasteiger partial charge on any atom is -0.399 e. The summed E-state index contributed by atoms with van der Waals surface area (Å²) < 4.78 is 0. The summed E-state index contributed by atoms with van der Waals surface area (Å²) in [7, 11) is 0. The zero-order chi connectivity index (χ0) is 15.0. The summed E-state index contributed by atoms with van der Waals surface area (Å²) >= 11 is 0. The largest absolute Gasteiger partial charge is 0.399 e. The maximum Gasteiger partial charge on any atom is 0.255 e. The minimum atomic E-state index is -0.0529. The molecule has 1 aromatic carbocycles. The van der Waals surface area contributed by atoms with Crippen molar-refractivity contribution >= 4 is 23.2 Å². The molecule has 2 aliphatic heterocycles. The van der Waals surface area contributed by atoms with Crippen LogP contribution in [0.25, 0.3) is 0 Å². The number of carbonyl (C=O) groups is 2. The van der Waals surface area contributed by atoms with E-state index in [2.05, 4.69) is 5.32 Å². The van der Waals surface area contributed by atoms with E-state index in [1.165, 1.54) is 0 Å². The highest BCUT2D eigenvalue weighted by Gasteiger charge is 2.35. The van der Waals surface area contributed by atoms with Crippen LogP contribution in [0, 0.1) is 5.92 Å². The van der Waals surface area contributed by atoms with Gasteiger partial charge in [-0.05, 0) is 37.0 Å². The second-order valence-electron chi connectivity index (χ2n) is 5.86. The molecule has 0 radical (unpaired) electrons. The van der Waals surface area contributed by atoms with Gasteiger partial charge >= 0.3 is 0 Å². The summed E-state index contributed by atoms with van der Waals surface area (Å²) in [5, 5.41) is 3.02. The third-order valence-corrected chi connectivity index (χ3v) is 4.42. The van der Waals surface area contributed by atoms with Gasteiger partial charge in [0.2, 0.25) is 5.91 Å². The molecule has 0 spiro atoms. The first-order valence-electron chi connectivity index (χ1n) is 7.28. The summed E-state index contributed by atoms with van der Waals surface area (Å²) in [5.74, 6) is 0.414. The van der Waals surface area contributed by atoms with Gasteiger partial charge in [0.05, 0.1) is 5.56 Å². The second kappa shape index (κ2) is 5.27. The normalized spacial score (nSPS) is 25.1. The Labute approximate surface area is 123 Å². The molecule has 0 bridgehead atoms. The van der Waals surface area contributed by atoms with E-state index < -0.39 is 0 Å². The second-order valence-corrected chi connectivity index (χ2v) is 5.86. The molecule has 2 atom stereocenters. The lowest BCUT2D eigenvalue weighted by Crippen LogP contribution is -2.55. The molecule has 6 nitrogen and oxygen atoms in total. The van der Waals surface area contributed by atoms with Crippen LogP contribution in [0.1, 0.15) is 29.6 Å². The van der Waals surface area contributed by atoms with Gasteiger partial charge < -0.3 is 21.7 Å². The van der Waals surface area contributed by atoms with Crippen molar-refractivity contribution in [2.45, 2.75) is 25.3 Å². The number of nitrogens with zero attached hydrogens (tertiary/aromatic N) is 1. The number of benzene rings is 1. The molecular formula is C15H20N4O2. The Bertz CT molecular complexity index is 587. The van der Waals surface area contributed by atoms with Gasteiger partial charge in [-0.15, -0.1) is 0 Å². The Balaban J connectivity index is 1.73. The van der Waals surface area contributed by atoms with Crippen molar-refractivity contribution in [2.75, 3.05) is 24.6 Å². The third kappa shape index (κ3) is 2.66. The molecule has 2 amide bonds. The summed E-state index contributed by atoms with van der Waals surface area (Å²) in [6, 6.07) is 5.19. The monoisotopic (exact) mass is 288 g/mol. The number of hydrogen-bond donors (Lipinski definition) is 3. The Morgan fingerprint density at radius 3 is 2.86 bits per heavy atom. The van der Waals surface area contributed by atoms with Crippen LogP contribution in [0.3, 0.4) is 0 Å². The van der Waals surface area contributed by atoms with Crippen LogP contribution < -0.4 is 16.8 Å². The third-order valence-electron chi connectivity index (χ3n) is 4.42. The maximum absolute atomic E-state index is 12.6. The van der Waals surface area contributed by atoms with Crippen molar-refractivity contribution in [3.8, 4) is 0 Å². The van der Waals surface area contributed by atoms with Crippen LogP contribution >= 0.6 is 0 Å². The Kier molecular flexibility index (Phi) is 3.45. The number of piperidine rings is 2. The van der Waals surface area contributed by atoms with Crippen LogP contribution in [0.2, 0.25) is 0 Å². The smallest absolute Gasteiger partial charge is 0.255 e. The van der Waals surface area contributed by atoms with Gasteiger partial charge in [0.25, 0.3) is 5.91 Å². The summed E-state index contributed by atoms with van der Waals surface area (Å²) in [6.45, 7) is 1.32. The molecule has 3 rings (SSSR count). The van der Waals surface area contributed by atoms with Gasteiger partial charge in [-0.2, -0.15) is 0 Å². The molecule has 112 valence electrons. The molecule has 2 fully saturated rings. The number of amides is 2. The molecule has 1 aromatic rings. The van der Waals surface area contributed by atoms with Gasteiger partial charge in [-0.25, -0.2) is 0 Å². The first kappa shape index (κ1) is 13.7. The quantitative estimate of drug-likeness (QED) is 0.658. The number of fused-ring (bicyclic) bond motifs is 1. The van der Waals surface area contributed by atoms with E-state index >= 15 is 0 Å². The highest BCUT2D eigenvalue weighted by Crippen LogP contribution is 2.27. The highest BCUT2D eigenvalue weighted by molar-refractivity contribution is 5.99. The fourth-order valence-electron chi connectivity index (χ4n) is 3.24. The summed E-state index contributed by atoms with van der Waals surface area (Å²) in [6.07, 6.45) is 2.20. The molecule has 2 unspecified atom stereocenters. The molecular weight excluding hydrogens is 268 g/mol. The number of hydrogen-bond acceptors (Lipinski definition) is 4. The van der Waals surface area contributed by atoms with Gasteiger partial charge in [0.15, 0.2) is 0 Å². The van der Waals surface area contributed by atoms with Gasteiger partial charge in [-0.1, -0.05) is 0 Å². The highest BCUT2D eigenvalue weighted by atomic mass is 16.2. The van der Waals surface area contributed by atoms with Crippen molar-refractivity contribution in [1.82, 2.24) is 10.2 Å². The van der Waals surface area contributed by atoms with Crippen LogP contribution in [0.5, 0.6) is 0 Å². The van der Waals surface area contributed by atoms with E-state index in [9.17, 15) is 9.59 Å². The molecule has 6 heteroatoms. The van der Waals surface area contributed by atoms with E-state index in [1.807, 2.05) is 4.90 Å². The van der Waals surface area contributed by atoms with Crippen molar-refractivity contribution in [2.24, 2.45) is 5.92 Å². The van der Waals surface area contributed by atoms with E-state index in [4.69, 9.17) is 11.5 Å². The predicted octanol–water partition coefficient (Wildman–Crippen LogP) is 0.592. The van der Waals surface area contributed by atoms with Gasteiger partial charge in [-0.3, -0.25) is 9.59 Å². The molecule has 5 N–H and O–H groups in total. The number of likely N-dealkylation sites (tertiary alicyclic amines) is 1. The van der Waals surface area contributed by atoms with Gasteiger partial charge in [0.1, 0.15) is 0 Å². The number of nitrogens with one attached hydrogen (secondary N) is 1. The van der Waals surface area contributed by atoms with E-state index in [0.717, 1.165) is 12.8 Å². The van der Waals surface area contributed by atoms with Crippen molar-refractivity contribution in [3.63, 3.8) is 0 Å². The van der Waals surface area contributed by atoms with Crippen LogP contribution in [0.15, 0.2) is 18.2 Å². The molecule has 2 saturated heterocycles. The zero-order valence-electron chi connectivity index (χ0n) is 11.8. The molecule has 2 aliphatic rings. The van der Waals surface area contributed by atoms with Crippen molar-refractivity contribution in [1.29, 1.82) is 0 Å². The molecule has 2 heterocycles. The summed E-state index contributed by atoms with van der Waals surface area (Å²) in [5.41, 5.74) is 13.0. The number of anilines is 2. The molecule has 0 aromatic heterocycles. The number of carbonyl (C=O) groups excluding carboxylic acids is 2. The number of rotatable bonds is 1. The van der Waals surface area contributed by atoms with Gasteiger partial charge in [0, 0.05) is 36.9 Å². The lowest BCUT2D eigenvalue weighted by Gasteiger charge is -2.41. The topological polar surface area (TPSA) is 101 Å². The first-order valence-corrected chi connectivity index (χ1v) is 7.28. The fourth-order valence-corrected chi connectivity index (χ4v) is 3.24. The fraction of sp³-hybridized carbons (Fsp3) is 0.467. The summed E-state index contributed by atoms with van der Waals surface area (Å²) in [4.78, 5) is 25.8. The number of nitrogen functional groups attached to an aromatic ring is 2. The molecule has 0 saturated carbocycles. The average molecular weight is 288 g/mol. The minimum absolute atomic E-state index is 0.0529. The van der Waals surface area contributed by atoms with E-state index in [-0.39, 0.29) is 17.9 Å². The average Bonchev–Trinajstić information content (AvgIpc) is 2.46. The zero-order valence-corrected chi connectivity index (χ0v) is 11.8. The maximum atomic E-state index is 12.6. The van der Waals surface area contributed by atoms with Crippen LogP contribution in [-0.4, -0.2) is 35.8 Å². The standard InChI is InChI=1S/C15H20N4O2/c16-10-2-3-11(12(17)7-10)15(21)19-6-5-13-9(8-19)1-4-14(20)18-13/h2-3,7,9,13H,1,4-6,8,16-17H2,(H,18,20). The van der Waals surface area contributed by atoms with Crippen LogP contribution in [-0.2, 0) is 4.79 Å². The Morgan fingerprint density at radius 1 is 1.29 bits per heavy atom. The predicted molar refractivity (Wildman–Crippen MR) is 80.4 cm³/mol. The molecule has 0 aliphatic carbocycles. The van der Waals surface area contributed by atoms with E-state index in [1.54, 1.807) is 18.2 Å². The molecule has 21 heavy (non-hydrogen) atoms. The Hall–Kier alpha value is -2.24. The SMILES string of the molecule is Nc1ccc(C(=O)N2CCC3NC(=O)CCC3C2)c(N)c1. The van der Waals surface area contributed by atoms with Crippen LogP contribution in [0.4, 0.5) is 11.4 Å².